The third kappa shape index (κ3) is 5.01. The highest BCUT2D eigenvalue weighted by molar-refractivity contribution is 9.10. The molecule has 0 heterocycles. The van der Waals surface area contributed by atoms with Crippen molar-refractivity contribution < 1.29 is 23.4 Å². The first-order valence-electron chi connectivity index (χ1n) is 7.11. The van der Waals surface area contributed by atoms with Gasteiger partial charge < -0.3 is 15.2 Å². The van der Waals surface area contributed by atoms with Gasteiger partial charge in [0.15, 0.2) is 6.61 Å². The first-order valence-corrected chi connectivity index (χ1v) is 7.90. The molecular formula is C17H16BrF2NO3. The highest BCUT2D eigenvalue weighted by Crippen LogP contribution is 2.23. The predicted molar refractivity (Wildman–Crippen MR) is 88.6 cm³/mol. The van der Waals surface area contributed by atoms with Gasteiger partial charge in [-0.2, -0.15) is 0 Å². The lowest BCUT2D eigenvalue weighted by molar-refractivity contribution is -0.124. The van der Waals surface area contributed by atoms with E-state index < -0.39 is 23.1 Å². The molecular weight excluding hydrogens is 384 g/mol. The Morgan fingerprint density at radius 2 is 1.92 bits per heavy atom. The fraction of sp³-hybridized carbons (Fsp3) is 0.235. The standard InChI is InChI=1S/C17H16BrF2NO3/c1-17(23,14-7-4-12(19)8-15(14)20)10-21-16(22)9-24-13-5-2-11(18)3-6-13/h2-8,23H,9-10H2,1H3,(H,21,22). The average molecular weight is 400 g/mol. The number of ether oxygens (including phenoxy) is 1. The van der Waals surface area contributed by atoms with Gasteiger partial charge >= 0.3 is 0 Å². The van der Waals surface area contributed by atoms with Crippen LogP contribution in [0.4, 0.5) is 8.78 Å². The number of hydrogen-bond acceptors (Lipinski definition) is 3. The summed E-state index contributed by atoms with van der Waals surface area (Å²) in [4.78, 5) is 11.8. The van der Waals surface area contributed by atoms with Crippen LogP contribution in [0.15, 0.2) is 46.9 Å². The van der Waals surface area contributed by atoms with E-state index in [1.165, 1.54) is 6.92 Å². The molecule has 0 aromatic heterocycles. The second kappa shape index (κ2) is 7.72. The zero-order chi connectivity index (χ0) is 17.7. The molecule has 7 heteroatoms. The minimum absolute atomic E-state index is 0.0990. The number of nitrogens with one attached hydrogen (secondary N) is 1. The van der Waals surface area contributed by atoms with Crippen LogP contribution >= 0.6 is 15.9 Å². The fourth-order valence-electron chi connectivity index (χ4n) is 2.02. The maximum absolute atomic E-state index is 13.7. The van der Waals surface area contributed by atoms with Crippen LogP contribution in [0.5, 0.6) is 5.75 Å². The van der Waals surface area contributed by atoms with E-state index in [4.69, 9.17) is 4.74 Å². The molecule has 1 unspecified atom stereocenters. The Morgan fingerprint density at radius 1 is 1.25 bits per heavy atom. The van der Waals surface area contributed by atoms with E-state index in [0.717, 1.165) is 16.6 Å². The highest BCUT2D eigenvalue weighted by Gasteiger charge is 2.27. The SMILES string of the molecule is CC(O)(CNC(=O)COc1ccc(Br)cc1)c1ccc(F)cc1F. The second-order valence-electron chi connectivity index (χ2n) is 5.42. The molecule has 0 aliphatic carbocycles. The molecule has 0 saturated carbocycles. The molecule has 0 fully saturated rings. The molecule has 0 aliphatic heterocycles. The summed E-state index contributed by atoms with van der Waals surface area (Å²) in [6, 6.07) is 9.82. The lowest BCUT2D eigenvalue weighted by Gasteiger charge is -2.24. The Kier molecular flexibility index (Phi) is 5.90. The van der Waals surface area contributed by atoms with Crippen LogP contribution in [0.3, 0.4) is 0 Å². The van der Waals surface area contributed by atoms with Gasteiger partial charge in [0, 0.05) is 16.1 Å². The van der Waals surface area contributed by atoms with E-state index in [2.05, 4.69) is 21.2 Å². The third-order valence-electron chi connectivity index (χ3n) is 3.32. The van der Waals surface area contributed by atoms with Crippen molar-refractivity contribution in [3.63, 3.8) is 0 Å². The van der Waals surface area contributed by atoms with Gasteiger partial charge in [0.25, 0.3) is 5.91 Å². The smallest absolute Gasteiger partial charge is 0.258 e. The lowest BCUT2D eigenvalue weighted by atomic mass is 9.95. The zero-order valence-corrected chi connectivity index (χ0v) is 14.4. The third-order valence-corrected chi connectivity index (χ3v) is 3.85. The van der Waals surface area contributed by atoms with E-state index in [1.807, 2.05) is 0 Å². The van der Waals surface area contributed by atoms with Crippen molar-refractivity contribution in [1.29, 1.82) is 0 Å². The second-order valence-corrected chi connectivity index (χ2v) is 6.33. The van der Waals surface area contributed by atoms with Crippen molar-refractivity contribution >= 4 is 21.8 Å². The van der Waals surface area contributed by atoms with Crippen LogP contribution in [0.25, 0.3) is 0 Å². The molecule has 128 valence electrons. The Bertz CT molecular complexity index is 720. The molecule has 1 amide bonds. The van der Waals surface area contributed by atoms with Gasteiger partial charge in [-0.15, -0.1) is 0 Å². The Morgan fingerprint density at radius 3 is 2.54 bits per heavy atom. The van der Waals surface area contributed by atoms with Crippen LogP contribution in [-0.2, 0) is 10.4 Å². The molecule has 0 spiro atoms. The average Bonchev–Trinajstić information content (AvgIpc) is 2.52. The Hall–Kier alpha value is -1.99. The molecule has 2 N–H and O–H groups in total. The maximum atomic E-state index is 13.7. The van der Waals surface area contributed by atoms with Crippen LogP contribution in [0.2, 0.25) is 0 Å². The van der Waals surface area contributed by atoms with Crippen LogP contribution in [-0.4, -0.2) is 24.2 Å². The summed E-state index contributed by atoms with van der Waals surface area (Å²) >= 11 is 3.29. The summed E-state index contributed by atoms with van der Waals surface area (Å²) in [7, 11) is 0. The minimum atomic E-state index is -1.68. The van der Waals surface area contributed by atoms with E-state index in [-0.39, 0.29) is 18.7 Å². The summed E-state index contributed by atoms with van der Waals surface area (Å²) in [6.07, 6.45) is 0. The van der Waals surface area contributed by atoms with Gasteiger partial charge in [-0.1, -0.05) is 22.0 Å². The van der Waals surface area contributed by atoms with Gasteiger partial charge in [0.2, 0.25) is 0 Å². The summed E-state index contributed by atoms with van der Waals surface area (Å²) in [5, 5.41) is 12.8. The van der Waals surface area contributed by atoms with Crippen LogP contribution in [0, 0.1) is 11.6 Å². The molecule has 4 nitrogen and oxygen atoms in total. The molecule has 1 atom stereocenters. The molecule has 0 aliphatic rings. The summed E-state index contributed by atoms with van der Waals surface area (Å²) < 4.78 is 32.8. The number of rotatable bonds is 6. The topological polar surface area (TPSA) is 58.6 Å². The maximum Gasteiger partial charge on any atom is 0.258 e. The monoisotopic (exact) mass is 399 g/mol. The normalized spacial score (nSPS) is 13.2. The number of carbonyl (C=O) groups is 1. The van der Waals surface area contributed by atoms with Gasteiger partial charge in [-0.3, -0.25) is 4.79 Å². The minimum Gasteiger partial charge on any atom is -0.484 e. The molecule has 0 bridgehead atoms. The van der Waals surface area contributed by atoms with Crippen molar-refractivity contribution in [1.82, 2.24) is 5.32 Å². The van der Waals surface area contributed by atoms with Gasteiger partial charge in [0.1, 0.15) is 23.0 Å². The largest absolute Gasteiger partial charge is 0.484 e. The quantitative estimate of drug-likeness (QED) is 0.784. The van der Waals surface area contributed by atoms with Crippen molar-refractivity contribution in [2.45, 2.75) is 12.5 Å². The van der Waals surface area contributed by atoms with Crippen LogP contribution < -0.4 is 10.1 Å². The molecule has 0 saturated heterocycles. The van der Waals surface area contributed by atoms with Crippen molar-refractivity contribution in [2.75, 3.05) is 13.2 Å². The van der Waals surface area contributed by atoms with Gasteiger partial charge in [-0.05, 0) is 37.3 Å². The van der Waals surface area contributed by atoms with E-state index in [1.54, 1.807) is 24.3 Å². The van der Waals surface area contributed by atoms with E-state index in [0.29, 0.717) is 11.8 Å². The van der Waals surface area contributed by atoms with Gasteiger partial charge in [0.05, 0.1) is 6.54 Å². The zero-order valence-electron chi connectivity index (χ0n) is 12.9. The first kappa shape index (κ1) is 18.4. The number of amides is 1. The van der Waals surface area contributed by atoms with Gasteiger partial charge in [-0.25, -0.2) is 8.78 Å². The van der Waals surface area contributed by atoms with Crippen molar-refractivity contribution in [3.8, 4) is 5.75 Å². The number of carbonyl (C=O) groups excluding carboxylic acids is 1. The van der Waals surface area contributed by atoms with E-state index >= 15 is 0 Å². The predicted octanol–water partition coefficient (Wildman–Crippen LogP) is 3.13. The number of halogens is 3. The summed E-state index contributed by atoms with van der Waals surface area (Å²) in [6.45, 7) is 0.848. The Balaban J connectivity index is 1.89. The molecule has 2 aromatic rings. The first-order chi connectivity index (χ1) is 11.3. The lowest BCUT2D eigenvalue weighted by Crippen LogP contribution is -2.41. The number of benzene rings is 2. The molecule has 24 heavy (non-hydrogen) atoms. The van der Waals surface area contributed by atoms with Crippen LogP contribution in [0.1, 0.15) is 12.5 Å². The van der Waals surface area contributed by atoms with Crippen molar-refractivity contribution in [2.24, 2.45) is 0 Å². The number of hydrogen-bond donors (Lipinski definition) is 2. The Labute approximate surface area is 146 Å². The molecule has 0 radical (unpaired) electrons. The van der Waals surface area contributed by atoms with E-state index in [9.17, 15) is 18.7 Å². The van der Waals surface area contributed by atoms with Crippen molar-refractivity contribution in [3.05, 3.63) is 64.1 Å². The molecule has 2 rings (SSSR count). The highest BCUT2D eigenvalue weighted by atomic mass is 79.9. The summed E-state index contributed by atoms with van der Waals surface area (Å²) in [5.74, 6) is -1.57. The fourth-order valence-corrected chi connectivity index (χ4v) is 2.29. The number of aliphatic hydroxyl groups is 1. The molecule has 2 aromatic carbocycles. The summed E-state index contributed by atoms with van der Waals surface area (Å²) in [5.41, 5.74) is -1.77.